The van der Waals surface area contributed by atoms with Gasteiger partial charge in [0, 0.05) is 25.5 Å². The Hall–Kier alpha value is -4.33. The molecule has 4 rings (SSSR count). The average Bonchev–Trinajstić information content (AvgIpc) is 3.46. The minimum Gasteiger partial charge on any atom is -0.503 e. The first-order valence-electron chi connectivity index (χ1n) is 10.1. The lowest BCUT2D eigenvalue weighted by atomic mass is 9.94. The van der Waals surface area contributed by atoms with E-state index in [2.05, 4.69) is 0 Å². The van der Waals surface area contributed by atoms with E-state index in [4.69, 9.17) is 9.15 Å². The van der Waals surface area contributed by atoms with E-state index in [0.29, 0.717) is 16.8 Å². The molecule has 1 unspecified atom stereocenters. The van der Waals surface area contributed by atoms with Crippen LogP contribution in [-0.4, -0.2) is 44.0 Å². The summed E-state index contributed by atoms with van der Waals surface area (Å²) in [6, 6.07) is 15.7. The van der Waals surface area contributed by atoms with Gasteiger partial charge >= 0.3 is 5.97 Å². The van der Waals surface area contributed by atoms with Crippen molar-refractivity contribution in [2.24, 2.45) is 0 Å². The van der Waals surface area contributed by atoms with Gasteiger partial charge in [0.15, 0.2) is 11.5 Å². The van der Waals surface area contributed by atoms with Gasteiger partial charge in [-0.1, -0.05) is 12.1 Å². The molecule has 0 radical (unpaired) electrons. The molecule has 0 spiro atoms. The summed E-state index contributed by atoms with van der Waals surface area (Å²) >= 11 is 0. The number of amides is 1. The lowest BCUT2D eigenvalue weighted by molar-refractivity contribution is -0.117. The SMILES string of the molecule is COC(=O)c1ccc(N2C(=O)C(O)=C(C(=O)c3ccco3)C2c2ccc(N(C)C)cc2)cc1. The van der Waals surface area contributed by atoms with Crippen molar-refractivity contribution in [2.45, 2.75) is 6.04 Å². The first-order chi connectivity index (χ1) is 15.8. The fourth-order valence-corrected chi connectivity index (χ4v) is 3.79. The van der Waals surface area contributed by atoms with Crippen LogP contribution in [0.4, 0.5) is 11.4 Å². The molecule has 0 aliphatic carbocycles. The van der Waals surface area contributed by atoms with Gasteiger partial charge in [-0.25, -0.2) is 4.79 Å². The number of hydrogen-bond acceptors (Lipinski definition) is 7. The fraction of sp³-hybridized carbons (Fsp3) is 0.160. The second-order valence-corrected chi connectivity index (χ2v) is 7.67. The van der Waals surface area contributed by atoms with Gasteiger partial charge in [-0.05, 0) is 54.1 Å². The number of carbonyl (C=O) groups is 3. The van der Waals surface area contributed by atoms with Crippen LogP contribution in [-0.2, 0) is 9.53 Å². The van der Waals surface area contributed by atoms with Crippen LogP contribution in [0.3, 0.4) is 0 Å². The van der Waals surface area contributed by atoms with Crippen LogP contribution in [0.1, 0.15) is 32.5 Å². The third-order valence-corrected chi connectivity index (χ3v) is 5.49. The number of anilines is 2. The Morgan fingerprint density at radius 2 is 1.70 bits per heavy atom. The van der Waals surface area contributed by atoms with Gasteiger partial charge in [0.25, 0.3) is 5.91 Å². The minimum absolute atomic E-state index is 0.0159. The van der Waals surface area contributed by atoms with Crippen LogP contribution in [0.5, 0.6) is 0 Å². The summed E-state index contributed by atoms with van der Waals surface area (Å²) in [6.45, 7) is 0. The van der Waals surface area contributed by atoms with Crippen molar-refractivity contribution in [1.82, 2.24) is 0 Å². The van der Waals surface area contributed by atoms with Crippen LogP contribution in [0, 0.1) is 0 Å². The molecular weight excluding hydrogens is 424 g/mol. The molecule has 2 aromatic carbocycles. The molecule has 2 heterocycles. The van der Waals surface area contributed by atoms with Crippen LogP contribution in [0.25, 0.3) is 0 Å². The number of esters is 1. The maximum absolute atomic E-state index is 13.2. The Kier molecular flexibility index (Phi) is 5.74. The summed E-state index contributed by atoms with van der Waals surface area (Å²) in [5.41, 5.74) is 2.20. The predicted molar refractivity (Wildman–Crippen MR) is 121 cm³/mol. The van der Waals surface area contributed by atoms with Gasteiger partial charge in [-0.2, -0.15) is 0 Å². The quantitative estimate of drug-likeness (QED) is 0.453. The molecular formula is C25H22N2O6. The van der Waals surface area contributed by atoms with E-state index < -0.39 is 29.5 Å². The molecule has 3 aromatic rings. The van der Waals surface area contributed by atoms with E-state index in [9.17, 15) is 19.5 Å². The van der Waals surface area contributed by atoms with Gasteiger partial charge in [-0.3, -0.25) is 14.5 Å². The molecule has 0 saturated carbocycles. The van der Waals surface area contributed by atoms with Crippen molar-refractivity contribution in [3.63, 3.8) is 0 Å². The predicted octanol–water partition coefficient (Wildman–Crippen LogP) is 3.92. The number of hydrogen-bond donors (Lipinski definition) is 1. The summed E-state index contributed by atoms with van der Waals surface area (Å²) in [5, 5.41) is 10.8. The van der Waals surface area contributed by atoms with Crippen molar-refractivity contribution in [2.75, 3.05) is 31.0 Å². The molecule has 33 heavy (non-hydrogen) atoms. The van der Waals surface area contributed by atoms with Gasteiger partial charge < -0.3 is 19.2 Å². The molecule has 1 aromatic heterocycles. The van der Waals surface area contributed by atoms with Crippen LogP contribution in [0.2, 0.25) is 0 Å². The number of ether oxygens (including phenoxy) is 1. The first kappa shape index (κ1) is 21.9. The Morgan fingerprint density at radius 3 is 2.24 bits per heavy atom. The highest BCUT2D eigenvalue weighted by molar-refractivity contribution is 6.20. The molecule has 0 fully saturated rings. The second-order valence-electron chi connectivity index (χ2n) is 7.67. The van der Waals surface area contributed by atoms with Gasteiger partial charge in [0.1, 0.15) is 0 Å². The zero-order chi connectivity index (χ0) is 23.7. The zero-order valence-electron chi connectivity index (χ0n) is 18.3. The van der Waals surface area contributed by atoms with Crippen molar-refractivity contribution in [3.8, 4) is 0 Å². The number of Topliss-reactive ketones (excluding diaryl/α,β-unsaturated/α-hetero) is 1. The zero-order valence-corrected chi connectivity index (χ0v) is 18.3. The highest BCUT2D eigenvalue weighted by atomic mass is 16.5. The molecule has 168 valence electrons. The van der Waals surface area contributed by atoms with Crippen molar-refractivity contribution in [3.05, 3.63) is 95.1 Å². The van der Waals surface area contributed by atoms with E-state index in [1.165, 1.54) is 36.5 Å². The Labute approximate surface area is 190 Å². The smallest absolute Gasteiger partial charge is 0.337 e. The van der Waals surface area contributed by atoms with E-state index in [1.54, 1.807) is 30.3 Å². The third-order valence-electron chi connectivity index (χ3n) is 5.49. The molecule has 1 aliphatic rings. The fourth-order valence-electron chi connectivity index (χ4n) is 3.79. The molecule has 8 nitrogen and oxygen atoms in total. The van der Waals surface area contributed by atoms with E-state index in [0.717, 1.165) is 5.69 Å². The summed E-state index contributed by atoms with van der Waals surface area (Å²) < 4.78 is 9.96. The summed E-state index contributed by atoms with van der Waals surface area (Å²) in [5.74, 6) is -2.45. The molecule has 1 atom stereocenters. The number of ketones is 1. The first-order valence-corrected chi connectivity index (χ1v) is 10.1. The van der Waals surface area contributed by atoms with Gasteiger partial charge in [0.2, 0.25) is 5.78 Å². The highest BCUT2D eigenvalue weighted by Gasteiger charge is 2.45. The number of aliphatic hydroxyl groups is 1. The van der Waals surface area contributed by atoms with Gasteiger partial charge in [-0.15, -0.1) is 0 Å². The standard InChI is InChI=1S/C25H22N2O6/c1-26(2)17-10-6-15(7-11-17)21-20(22(28)19-5-4-14-33-19)23(29)24(30)27(21)18-12-8-16(9-13-18)25(31)32-3/h4-14,21,29H,1-3H3. The monoisotopic (exact) mass is 446 g/mol. The van der Waals surface area contributed by atoms with Gasteiger partial charge in [0.05, 0.1) is 30.6 Å². The number of nitrogens with zero attached hydrogens (tertiary/aromatic N) is 2. The number of aliphatic hydroxyl groups excluding tert-OH is 1. The summed E-state index contributed by atoms with van der Waals surface area (Å²) in [4.78, 5) is 41.4. The number of rotatable bonds is 6. The van der Waals surface area contributed by atoms with Crippen molar-refractivity contribution in [1.29, 1.82) is 0 Å². The Bertz CT molecular complexity index is 1220. The van der Waals surface area contributed by atoms with Crippen molar-refractivity contribution >= 4 is 29.0 Å². The van der Waals surface area contributed by atoms with Crippen LogP contribution < -0.4 is 9.80 Å². The van der Waals surface area contributed by atoms with Crippen LogP contribution in [0.15, 0.2) is 82.7 Å². The molecule has 0 bridgehead atoms. The Morgan fingerprint density at radius 1 is 1.03 bits per heavy atom. The number of carbonyl (C=O) groups excluding carboxylic acids is 3. The largest absolute Gasteiger partial charge is 0.503 e. The lowest BCUT2D eigenvalue weighted by Crippen LogP contribution is -2.31. The lowest BCUT2D eigenvalue weighted by Gasteiger charge is -2.27. The topological polar surface area (TPSA) is 100 Å². The molecule has 1 amide bonds. The maximum atomic E-state index is 13.2. The molecule has 1 N–H and O–H groups in total. The molecule has 8 heteroatoms. The number of benzene rings is 2. The van der Waals surface area contributed by atoms with E-state index >= 15 is 0 Å². The third kappa shape index (κ3) is 3.87. The van der Waals surface area contributed by atoms with E-state index in [-0.39, 0.29) is 11.3 Å². The summed E-state index contributed by atoms with van der Waals surface area (Å²) in [7, 11) is 5.09. The van der Waals surface area contributed by atoms with Crippen LogP contribution >= 0.6 is 0 Å². The normalized spacial score (nSPS) is 15.7. The average molecular weight is 446 g/mol. The Balaban J connectivity index is 1.82. The van der Waals surface area contributed by atoms with Crippen molar-refractivity contribution < 1.29 is 28.6 Å². The maximum Gasteiger partial charge on any atom is 0.337 e. The van der Waals surface area contributed by atoms with E-state index in [1.807, 2.05) is 31.1 Å². The molecule has 0 saturated heterocycles. The molecule has 1 aliphatic heterocycles. The second kappa shape index (κ2) is 8.66. The highest BCUT2D eigenvalue weighted by Crippen LogP contribution is 2.42. The number of methoxy groups -OCH3 is 1. The summed E-state index contributed by atoms with van der Waals surface area (Å²) in [6.07, 6.45) is 1.35. The number of furan rings is 1. The minimum atomic E-state index is -0.893.